The van der Waals surface area contributed by atoms with E-state index in [1.165, 1.54) is 6.42 Å². The summed E-state index contributed by atoms with van der Waals surface area (Å²) >= 11 is 0. The van der Waals surface area contributed by atoms with Gasteiger partial charge in [-0.1, -0.05) is 0 Å². The molecule has 0 radical (unpaired) electrons. The van der Waals surface area contributed by atoms with E-state index in [9.17, 15) is 0 Å². The standard InChI is InChI=1S/C24H34N6O2.ClH/c25-23(26)18-3-7-21(8-4-18)31-15-1-12-29-20-11-14-30(17-20)13-2-16-32-22-9-5-19(6-10-22)24(27)28;/h3-10,20,29H,1-2,11-17H2,(H3,25,26)(H3,27,28);1H. The van der Waals surface area contributed by atoms with Crippen molar-refractivity contribution >= 4 is 24.1 Å². The van der Waals surface area contributed by atoms with E-state index >= 15 is 0 Å². The number of likely N-dealkylation sites (tertiary alicyclic amines) is 1. The minimum Gasteiger partial charge on any atom is -0.494 e. The Balaban J connectivity index is 0.00000385. The molecule has 0 saturated carbocycles. The maximum absolute atomic E-state index is 7.41. The minimum absolute atomic E-state index is 0. The van der Waals surface area contributed by atoms with Gasteiger partial charge < -0.3 is 31.2 Å². The van der Waals surface area contributed by atoms with Gasteiger partial charge in [-0.3, -0.25) is 10.8 Å². The maximum Gasteiger partial charge on any atom is 0.122 e. The van der Waals surface area contributed by atoms with Crippen LogP contribution in [-0.4, -0.2) is 62.0 Å². The molecule has 1 unspecified atom stereocenters. The highest BCUT2D eigenvalue weighted by Crippen LogP contribution is 2.14. The van der Waals surface area contributed by atoms with Crippen LogP contribution in [0.5, 0.6) is 11.5 Å². The molecule has 3 rings (SSSR count). The molecule has 0 bridgehead atoms. The highest BCUT2D eigenvalue weighted by Gasteiger charge is 2.21. The van der Waals surface area contributed by atoms with Crippen molar-refractivity contribution in [2.75, 3.05) is 39.4 Å². The Labute approximate surface area is 202 Å². The zero-order chi connectivity index (χ0) is 22.8. The van der Waals surface area contributed by atoms with Crippen LogP contribution in [0.25, 0.3) is 0 Å². The number of nitrogens with one attached hydrogen (secondary N) is 3. The van der Waals surface area contributed by atoms with Gasteiger partial charge in [-0.25, -0.2) is 0 Å². The maximum atomic E-state index is 7.41. The number of hydrogen-bond acceptors (Lipinski definition) is 6. The summed E-state index contributed by atoms with van der Waals surface area (Å²) in [6.07, 6.45) is 3.10. The van der Waals surface area contributed by atoms with E-state index in [-0.39, 0.29) is 24.1 Å². The molecule has 1 atom stereocenters. The molecule has 8 nitrogen and oxygen atoms in total. The Hall–Kier alpha value is -2.81. The molecule has 0 amide bonds. The largest absolute Gasteiger partial charge is 0.494 e. The lowest BCUT2D eigenvalue weighted by Crippen LogP contribution is -2.34. The van der Waals surface area contributed by atoms with Crippen LogP contribution in [0.2, 0.25) is 0 Å². The van der Waals surface area contributed by atoms with Gasteiger partial charge in [0, 0.05) is 30.3 Å². The number of nitrogens with two attached hydrogens (primary N) is 2. The molecule has 9 heteroatoms. The van der Waals surface area contributed by atoms with E-state index in [4.69, 9.17) is 31.8 Å². The Kier molecular flexibility index (Phi) is 11.0. The van der Waals surface area contributed by atoms with Gasteiger partial charge in [-0.15, -0.1) is 12.4 Å². The molecule has 0 aliphatic carbocycles. The third-order valence-electron chi connectivity index (χ3n) is 5.51. The van der Waals surface area contributed by atoms with Gasteiger partial charge in [0.25, 0.3) is 0 Å². The smallest absolute Gasteiger partial charge is 0.122 e. The van der Waals surface area contributed by atoms with Crippen LogP contribution in [0.1, 0.15) is 30.4 Å². The van der Waals surface area contributed by atoms with Crippen LogP contribution < -0.4 is 26.3 Å². The monoisotopic (exact) mass is 474 g/mol. The molecule has 1 saturated heterocycles. The summed E-state index contributed by atoms with van der Waals surface area (Å²) in [5.74, 6) is 1.76. The lowest BCUT2D eigenvalue weighted by atomic mass is 10.2. The topological polar surface area (TPSA) is 133 Å². The summed E-state index contributed by atoms with van der Waals surface area (Å²) < 4.78 is 11.5. The van der Waals surface area contributed by atoms with Crippen molar-refractivity contribution in [2.45, 2.75) is 25.3 Å². The van der Waals surface area contributed by atoms with Crippen molar-refractivity contribution in [3.63, 3.8) is 0 Å². The van der Waals surface area contributed by atoms with Crippen LogP contribution in [0.15, 0.2) is 48.5 Å². The average molecular weight is 475 g/mol. The summed E-state index contributed by atoms with van der Waals surface area (Å²) in [5.41, 5.74) is 12.3. The minimum atomic E-state index is 0. The van der Waals surface area contributed by atoms with E-state index in [0.717, 1.165) is 50.5 Å². The first kappa shape index (κ1) is 26.4. The molecule has 2 aromatic carbocycles. The van der Waals surface area contributed by atoms with Gasteiger partial charge in [-0.2, -0.15) is 0 Å². The summed E-state index contributed by atoms with van der Waals surface area (Å²) in [5, 5.41) is 18.4. The Morgan fingerprint density at radius 2 is 1.39 bits per heavy atom. The molecule has 33 heavy (non-hydrogen) atoms. The van der Waals surface area contributed by atoms with Crippen LogP contribution in [0.3, 0.4) is 0 Å². The fraction of sp³-hybridized carbons (Fsp3) is 0.417. The molecule has 180 valence electrons. The molecule has 1 aliphatic heterocycles. The number of halogens is 1. The quantitative estimate of drug-likeness (QED) is 0.172. The van der Waals surface area contributed by atoms with Gasteiger partial charge in [0.15, 0.2) is 0 Å². The molecule has 0 aromatic heterocycles. The predicted octanol–water partition coefficient (Wildman–Crippen LogP) is 2.58. The van der Waals surface area contributed by atoms with E-state index in [1.807, 2.05) is 36.4 Å². The number of rotatable bonds is 13. The molecular formula is C24H35ClN6O2. The van der Waals surface area contributed by atoms with Crippen molar-refractivity contribution in [3.8, 4) is 11.5 Å². The van der Waals surface area contributed by atoms with Gasteiger partial charge in [0.2, 0.25) is 0 Å². The third-order valence-corrected chi connectivity index (χ3v) is 5.51. The van der Waals surface area contributed by atoms with Gasteiger partial charge >= 0.3 is 0 Å². The van der Waals surface area contributed by atoms with Gasteiger partial charge in [0.05, 0.1) is 13.2 Å². The predicted molar refractivity (Wildman–Crippen MR) is 135 cm³/mol. The van der Waals surface area contributed by atoms with Crippen LogP contribution >= 0.6 is 12.4 Å². The number of amidine groups is 2. The first-order valence-corrected chi connectivity index (χ1v) is 11.1. The van der Waals surface area contributed by atoms with E-state index in [1.54, 1.807) is 12.1 Å². The van der Waals surface area contributed by atoms with Crippen LogP contribution in [0, 0.1) is 10.8 Å². The number of nitrogens with zero attached hydrogens (tertiary/aromatic N) is 1. The van der Waals surface area contributed by atoms with E-state index in [0.29, 0.717) is 30.4 Å². The Morgan fingerprint density at radius 1 is 0.879 bits per heavy atom. The fourth-order valence-corrected chi connectivity index (χ4v) is 3.71. The molecule has 1 aliphatic rings. The van der Waals surface area contributed by atoms with Crippen molar-refractivity contribution in [2.24, 2.45) is 11.5 Å². The second-order valence-corrected chi connectivity index (χ2v) is 8.02. The van der Waals surface area contributed by atoms with Crippen molar-refractivity contribution in [1.82, 2.24) is 10.2 Å². The second kappa shape index (κ2) is 13.7. The highest BCUT2D eigenvalue weighted by atomic mass is 35.5. The Morgan fingerprint density at radius 3 is 1.91 bits per heavy atom. The molecule has 7 N–H and O–H groups in total. The van der Waals surface area contributed by atoms with Crippen molar-refractivity contribution in [1.29, 1.82) is 10.8 Å². The lowest BCUT2D eigenvalue weighted by Gasteiger charge is -2.17. The first-order chi connectivity index (χ1) is 15.5. The number of ether oxygens (including phenoxy) is 2. The van der Waals surface area contributed by atoms with Crippen LogP contribution in [0.4, 0.5) is 0 Å². The summed E-state index contributed by atoms with van der Waals surface area (Å²) in [7, 11) is 0. The second-order valence-electron chi connectivity index (χ2n) is 8.02. The van der Waals surface area contributed by atoms with Gasteiger partial charge in [-0.05, 0) is 80.9 Å². The normalized spacial score (nSPS) is 15.6. The van der Waals surface area contributed by atoms with E-state index < -0.39 is 0 Å². The SMILES string of the molecule is Cl.N=C(N)c1ccc(OCCCNC2CCN(CCCOc3ccc(C(=N)N)cc3)C2)cc1. The summed E-state index contributed by atoms with van der Waals surface area (Å²) in [6, 6.07) is 15.2. The zero-order valence-electron chi connectivity index (χ0n) is 18.9. The average Bonchev–Trinajstić information content (AvgIpc) is 3.25. The number of benzene rings is 2. The Bertz CT molecular complexity index is 876. The lowest BCUT2D eigenvalue weighted by molar-refractivity contribution is 0.259. The summed E-state index contributed by atoms with van der Waals surface area (Å²) in [4.78, 5) is 2.48. The van der Waals surface area contributed by atoms with E-state index in [2.05, 4.69) is 10.2 Å². The zero-order valence-corrected chi connectivity index (χ0v) is 19.7. The number of nitrogen functional groups attached to an aromatic ring is 2. The summed E-state index contributed by atoms with van der Waals surface area (Å²) in [6.45, 7) is 5.49. The molecule has 2 aromatic rings. The number of hydrogen-bond donors (Lipinski definition) is 5. The third kappa shape index (κ3) is 8.92. The van der Waals surface area contributed by atoms with Crippen LogP contribution in [-0.2, 0) is 0 Å². The fourth-order valence-electron chi connectivity index (χ4n) is 3.71. The molecular weight excluding hydrogens is 440 g/mol. The molecule has 1 fully saturated rings. The van der Waals surface area contributed by atoms with Crippen molar-refractivity contribution in [3.05, 3.63) is 59.7 Å². The van der Waals surface area contributed by atoms with Crippen molar-refractivity contribution < 1.29 is 9.47 Å². The highest BCUT2D eigenvalue weighted by molar-refractivity contribution is 5.95. The first-order valence-electron chi connectivity index (χ1n) is 11.1. The molecule has 1 heterocycles. The van der Waals surface area contributed by atoms with Gasteiger partial charge in [0.1, 0.15) is 23.2 Å². The molecule has 0 spiro atoms.